The molecule has 1 amide bonds. The van der Waals surface area contributed by atoms with Crippen molar-refractivity contribution in [3.05, 3.63) is 69.9 Å². The van der Waals surface area contributed by atoms with Crippen LogP contribution in [0.4, 0.5) is 0 Å². The summed E-state index contributed by atoms with van der Waals surface area (Å²) < 4.78 is 1.22. The third-order valence-electron chi connectivity index (χ3n) is 4.79. The zero-order chi connectivity index (χ0) is 19.7. The first-order valence-corrected chi connectivity index (χ1v) is 9.20. The van der Waals surface area contributed by atoms with Crippen molar-refractivity contribution in [3.8, 4) is 0 Å². The number of imidazole rings is 1. The predicted molar refractivity (Wildman–Crippen MR) is 108 cm³/mol. The van der Waals surface area contributed by atoms with Crippen LogP contribution in [0.3, 0.4) is 0 Å². The molecule has 7 nitrogen and oxygen atoms in total. The summed E-state index contributed by atoms with van der Waals surface area (Å²) in [4.78, 5) is 32.7. The van der Waals surface area contributed by atoms with Gasteiger partial charge in [-0.2, -0.15) is 5.10 Å². The fourth-order valence-electron chi connectivity index (χ4n) is 3.37. The van der Waals surface area contributed by atoms with Gasteiger partial charge in [0.2, 0.25) is 5.91 Å². The maximum Gasteiger partial charge on any atom is 0.275 e. The number of aromatic nitrogens is 4. The number of hydrogen-bond acceptors (Lipinski definition) is 4. The van der Waals surface area contributed by atoms with Gasteiger partial charge >= 0.3 is 0 Å². The number of para-hydroxylation sites is 1. The monoisotopic (exact) mass is 375 g/mol. The van der Waals surface area contributed by atoms with E-state index in [0.717, 1.165) is 33.5 Å². The number of amides is 1. The van der Waals surface area contributed by atoms with E-state index in [9.17, 15) is 9.59 Å². The number of rotatable bonds is 5. The van der Waals surface area contributed by atoms with E-state index < -0.39 is 0 Å². The number of benzene rings is 2. The van der Waals surface area contributed by atoms with Crippen LogP contribution >= 0.6 is 0 Å². The van der Waals surface area contributed by atoms with Gasteiger partial charge in [-0.25, -0.2) is 9.67 Å². The predicted octanol–water partition coefficient (Wildman–Crippen LogP) is 2.25. The van der Waals surface area contributed by atoms with Crippen LogP contribution in [-0.2, 0) is 17.8 Å². The van der Waals surface area contributed by atoms with Crippen molar-refractivity contribution in [2.45, 2.75) is 26.8 Å². The summed E-state index contributed by atoms with van der Waals surface area (Å²) in [6.07, 6.45) is 0.582. The molecule has 0 atom stereocenters. The molecule has 0 unspecified atom stereocenters. The molecule has 0 bridgehead atoms. The van der Waals surface area contributed by atoms with Crippen LogP contribution in [0, 0.1) is 13.8 Å². The van der Waals surface area contributed by atoms with E-state index in [-0.39, 0.29) is 18.0 Å². The number of aryl methyl sites for hydroxylation is 2. The van der Waals surface area contributed by atoms with Crippen molar-refractivity contribution in [3.63, 3.8) is 0 Å². The molecule has 0 aliphatic heterocycles. The molecule has 0 spiro atoms. The van der Waals surface area contributed by atoms with Crippen molar-refractivity contribution >= 4 is 27.7 Å². The van der Waals surface area contributed by atoms with Gasteiger partial charge in [0.25, 0.3) is 5.56 Å². The Morgan fingerprint density at radius 1 is 1.11 bits per heavy atom. The highest BCUT2D eigenvalue weighted by atomic mass is 16.2. The molecule has 0 radical (unpaired) electrons. The van der Waals surface area contributed by atoms with Crippen LogP contribution in [0.15, 0.2) is 47.3 Å². The number of hydrogen-bond donors (Lipinski definition) is 2. The van der Waals surface area contributed by atoms with Crippen LogP contribution in [0.1, 0.15) is 17.1 Å². The number of carbonyl (C=O) groups excluding carboxylic acids is 1. The lowest BCUT2D eigenvalue weighted by Gasteiger charge is -2.09. The molecule has 2 N–H and O–H groups in total. The Balaban J connectivity index is 1.42. The van der Waals surface area contributed by atoms with E-state index in [4.69, 9.17) is 0 Å². The highest BCUT2D eigenvalue weighted by molar-refractivity contribution is 5.83. The summed E-state index contributed by atoms with van der Waals surface area (Å²) >= 11 is 0. The zero-order valence-electron chi connectivity index (χ0n) is 15.8. The minimum Gasteiger partial charge on any atom is -0.354 e. The molecule has 2 heterocycles. The fourth-order valence-corrected chi connectivity index (χ4v) is 3.37. The topological polar surface area (TPSA) is 92.7 Å². The van der Waals surface area contributed by atoms with Crippen LogP contribution in [-0.4, -0.2) is 32.2 Å². The Morgan fingerprint density at radius 3 is 2.68 bits per heavy atom. The Bertz CT molecular complexity index is 1240. The van der Waals surface area contributed by atoms with Crippen LogP contribution in [0.25, 0.3) is 21.8 Å². The van der Waals surface area contributed by atoms with Crippen LogP contribution in [0.5, 0.6) is 0 Å². The molecule has 2 aromatic carbocycles. The summed E-state index contributed by atoms with van der Waals surface area (Å²) in [7, 11) is 0. The normalized spacial score (nSPS) is 11.2. The van der Waals surface area contributed by atoms with Crippen molar-refractivity contribution in [1.29, 1.82) is 0 Å². The van der Waals surface area contributed by atoms with Gasteiger partial charge in [0.1, 0.15) is 12.4 Å². The summed E-state index contributed by atoms with van der Waals surface area (Å²) in [5.74, 6) is 0.568. The van der Waals surface area contributed by atoms with E-state index in [0.29, 0.717) is 18.4 Å². The molecular weight excluding hydrogens is 354 g/mol. The number of nitrogens with one attached hydrogen (secondary N) is 2. The second-order valence-electron chi connectivity index (χ2n) is 6.85. The largest absolute Gasteiger partial charge is 0.354 e. The van der Waals surface area contributed by atoms with Crippen LogP contribution < -0.4 is 10.9 Å². The molecule has 7 heteroatoms. The maximum absolute atomic E-state index is 12.5. The number of aromatic amines is 1. The third kappa shape index (κ3) is 3.38. The molecule has 142 valence electrons. The highest BCUT2D eigenvalue weighted by Crippen LogP contribution is 2.15. The number of carbonyl (C=O) groups is 1. The molecule has 0 aliphatic carbocycles. The quantitative estimate of drug-likeness (QED) is 0.560. The second kappa shape index (κ2) is 7.26. The van der Waals surface area contributed by atoms with Crippen molar-refractivity contribution in [2.75, 3.05) is 6.54 Å². The Kier molecular flexibility index (Phi) is 4.65. The molecule has 28 heavy (non-hydrogen) atoms. The summed E-state index contributed by atoms with van der Waals surface area (Å²) in [5.41, 5.74) is 3.51. The first-order valence-electron chi connectivity index (χ1n) is 9.20. The van der Waals surface area contributed by atoms with Gasteiger partial charge in [0, 0.05) is 18.4 Å². The summed E-state index contributed by atoms with van der Waals surface area (Å²) in [6, 6.07) is 13.3. The third-order valence-corrected chi connectivity index (χ3v) is 4.79. The van der Waals surface area contributed by atoms with Gasteiger partial charge in [-0.05, 0) is 31.5 Å². The second-order valence-corrected chi connectivity index (χ2v) is 6.85. The number of nitrogens with zero attached hydrogens (tertiary/aromatic N) is 3. The molecule has 0 saturated heterocycles. The Hall–Kier alpha value is -3.48. The lowest BCUT2D eigenvalue weighted by atomic mass is 10.1. The SMILES string of the molecule is Cc1nn(CC(=O)NCCc2nc3c(C)cccc3[nH]2)c(=O)c2ccccc12. The molecule has 2 aromatic heterocycles. The van der Waals surface area contributed by atoms with E-state index in [2.05, 4.69) is 20.4 Å². The molecule has 0 saturated carbocycles. The summed E-state index contributed by atoms with van der Waals surface area (Å²) in [5, 5.41) is 8.48. The van der Waals surface area contributed by atoms with Gasteiger partial charge in [0.05, 0.1) is 22.1 Å². The average molecular weight is 375 g/mol. The van der Waals surface area contributed by atoms with E-state index >= 15 is 0 Å². The van der Waals surface area contributed by atoms with Crippen molar-refractivity contribution in [1.82, 2.24) is 25.1 Å². The first-order chi connectivity index (χ1) is 13.5. The maximum atomic E-state index is 12.5. The van der Waals surface area contributed by atoms with E-state index in [1.807, 2.05) is 50.2 Å². The average Bonchev–Trinajstić information content (AvgIpc) is 3.10. The van der Waals surface area contributed by atoms with Crippen LogP contribution in [0.2, 0.25) is 0 Å². The van der Waals surface area contributed by atoms with Crippen molar-refractivity contribution in [2.24, 2.45) is 0 Å². The Labute approximate surface area is 161 Å². The number of fused-ring (bicyclic) bond motifs is 2. The molecule has 4 rings (SSSR count). The Morgan fingerprint density at radius 2 is 1.89 bits per heavy atom. The standard InChI is InChI=1S/C21H21N5O2/c1-13-6-5-9-17-20(13)24-18(23-17)10-11-22-19(27)12-26-21(28)16-8-4-3-7-15(16)14(2)25-26/h3-9H,10-12H2,1-2H3,(H,22,27)(H,23,24). The van der Waals surface area contributed by atoms with E-state index in [1.54, 1.807) is 6.07 Å². The lowest BCUT2D eigenvalue weighted by molar-refractivity contribution is -0.121. The summed E-state index contributed by atoms with van der Waals surface area (Å²) in [6.45, 7) is 4.17. The molecule has 4 aromatic rings. The minimum atomic E-state index is -0.260. The number of H-pyrrole nitrogens is 1. The first kappa shape index (κ1) is 17.9. The van der Waals surface area contributed by atoms with Gasteiger partial charge in [0.15, 0.2) is 0 Å². The molecule has 0 aliphatic rings. The highest BCUT2D eigenvalue weighted by Gasteiger charge is 2.11. The van der Waals surface area contributed by atoms with Gasteiger partial charge < -0.3 is 10.3 Å². The fraction of sp³-hybridized carbons (Fsp3) is 0.238. The smallest absolute Gasteiger partial charge is 0.275 e. The zero-order valence-corrected chi connectivity index (χ0v) is 15.8. The minimum absolute atomic E-state index is 0.107. The molecule has 0 fully saturated rings. The van der Waals surface area contributed by atoms with E-state index in [1.165, 1.54) is 4.68 Å². The van der Waals surface area contributed by atoms with Gasteiger partial charge in [-0.3, -0.25) is 9.59 Å². The van der Waals surface area contributed by atoms with Gasteiger partial charge in [-0.15, -0.1) is 0 Å². The lowest BCUT2D eigenvalue weighted by Crippen LogP contribution is -2.35. The van der Waals surface area contributed by atoms with Gasteiger partial charge in [-0.1, -0.05) is 30.3 Å². The molecular formula is C21H21N5O2. The van der Waals surface area contributed by atoms with Crippen molar-refractivity contribution < 1.29 is 4.79 Å².